The summed E-state index contributed by atoms with van der Waals surface area (Å²) in [6.45, 7) is 1.85. The molecular formula is C69H133NO18. The van der Waals surface area contributed by atoms with Gasteiger partial charge in [0, 0.05) is 6.42 Å². The van der Waals surface area contributed by atoms with Crippen molar-refractivity contribution in [1.82, 2.24) is 5.32 Å². The van der Waals surface area contributed by atoms with Crippen molar-refractivity contribution in [2.24, 2.45) is 0 Å². The van der Waals surface area contributed by atoms with Gasteiger partial charge < -0.3 is 89.9 Å². The predicted molar refractivity (Wildman–Crippen MR) is 342 cm³/mol. The Morgan fingerprint density at radius 1 is 0.364 bits per heavy atom. The number of amides is 1. The van der Waals surface area contributed by atoms with Gasteiger partial charge in [0.2, 0.25) is 5.91 Å². The molecule has 3 heterocycles. The first-order valence-electron chi connectivity index (χ1n) is 36.3. The molecule has 3 rings (SSSR count). The second kappa shape index (κ2) is 52.1. The average Bonchev–Trinajstić information content (AvgIpc) is 3.70. The van der Waals surface area contributed by atoms with Crippen molar-refractivity contribution in [2.75, 3.05) is 26.4 Å². The van der Waals surface area contributed by atoms with Crippen LogP contribution in [-0.2, 0) is 33.2 Å². The third-order valence-corrected chi connectivity index (χ3v) is 18.7. The van der Waals surface area contributed by atoms with Crippen LogP contribution in [0, 0.1) is 0 Å². The summed E-state index contributed by atoms with van der Waals surface area (Å²) in [6.07, 6.45) is 29.0. The molecule has 0 aromatic carbocycles. The van der Waals surface area contributed by atoms with Crippen molar-refractivity contribution in [3.8, 4) is 0 Å². The third kappa shape index (κ3) is 33.8. The summed E-state index contributed by atoms with van der Waals surface area (Å²) in [5, 5.41) is 121. The normalized spacial score (nSPS) is 28.3. The molecule has 0 saturated carbocycles. The number of nitrogens with one attached hydrogen (secondary N) is 1. The van der Waals surface area contributed by atoms with Crippen LogP contribution in [0.5, 0.6) is 0 Å². The fourth-order valence-corrected chi connectivity index (χ4v) is 12.8. The number of hydrogen-bond acceptors (Lipinski definition) is 18. The van der Waals surface area contributed by atoms with Gasteiger partial charge >= 0.3 is 0 Å². The molecule has 12 N–H and O–H groups in total. The highest BCUT2D eigenvalue weighted by molar-refractivity contribution is 5.76. The van der Waals surface area contributed by atoms with Crippen molar-refractivity contribution in [1.29, 1.82) is 0 Å². The number of aliphatic hydroxyl groups excluding tert-OH is 11. The Balaban J connectivity index is 1.40. The van der Waals surface area contributed by atoms with Gasteiger partial charge in [0.1, 0.15) is 73.2 Å². The summed E-state index contributed by atoms with van der Waals surface area (Å²) in [5.41, 5.74) is 0. The largest absolute Gasteiger partial charge is 0.394 e. The summed E-state index contributed by atoms with van der Waals surface area (Å²) in [5.74, 6) is -0.235. The number of aliphatic hydroxyl groups is 11. The highest BCUT2D eigenvalue weighted by Gasteiger charge is 2.53. The van der Waals surface area contributed by atoms with Crippen LogP contribution in [0.15, 0.2) is 0 Å². The van der Waals surface area contributed by atoms with Gasteiger partial charge in [0.05, 0.1) is 38.6 Å². The van der Waals surface area contributed by atoms with Crippen molar-refractivity contribution < 1.29 is 89.4 Å². The first kappa shape index (κ1) is 81.0. The van der Waals surface area contributed by atoms with Gasteiger partial charge in [-0.25, -0.2) is 0 Å². The van der Waals surface area contributed by atoms with E-state index in [2.05, 4.69) is 19.2 Å². The van der Waals surface area contributed by atoms with Gasteiger partial charge in [-0.15, -0.1) is 0 Å². The van der Waals surface area contributed by atoms with Crippen LogP contribution in [0.25, 0.3) is 0 Å². The number of unbranched alkanes of at least 4 members (excludes halogenated alkanes) is 41. The van der Waals surface area contributed by atoms with Crippen LogP contribution in [0.3, 0.4) is 0 Å². The van der Waals surface area contributed by atoms with Crippen molar-refractivity contribution in [2.45, 2.75) is 407 Å². The lowest BCUT2D eigenvalue weighted by Crippen LogP contribution is -2.66. The van der Waals surface area contributed by atoms with Crippen LogP contribution in [0.1, 0.15) is 303 Å². The molecule has 0 bridgehead atoms. The summed E-state index contributed by atoms with van der Waals surface area (Å²) in [6, 6.07) is -0.882. The lowest BCUT2D eigenvalue weighted by molar-refractivity contribution is -0.379. The first-order valence-corrected chi connectivity index (χ1v) is 36.3. The van der Waals surface area contributed by atoms with E-state index < -0.39 is 124 Å². The SMILES string of the molecule is CCCCCCCCCCCCCCCCCCCCCCCCCCCC(=O)NC(COC1OC(CO)C(OC2OC(CO)C(OC3OC(CO)C(O)C(O)C3O)C(O)C2O)C(O)C1O)C(O)CCCCCCCCCCCCCCCCCCCC. The summed E-state index contributed by atoms with van der Waals surface area (Å²) in [7, 11) is 0. The molecule has 0 aliphatic carbocycles. The Morgan fingerprint density at radius 3 is 0.989 bits per heavy atom. The van der Waals surface area contributed by atoms with Crippen molar-refractivity contribution in [3.63, 3.8) is 0 Å². The number of carbonyl (C=O) groups excluding carboxylic acids is 1. The topological polar surface area (TPSA) is 307 Å². The van der Waals surface area contributed by atoms with Gasteiger partial charge in [-0.2, -0.15) is 0 Å². The predicted octanol–water partition coefficient (Wildman–Crippen LogP) is 9.89. The van der Waals surface area contributed by atoms with E-state index in [1.54, 1.807) is 0 Å². The van der Waals surface area contributed by atoms with Crippen LogP contribution < -0.4 is 5.32 Å². The molecule has 3 saturated heterocycles. The fourth-order valence-electron chi connectivity index (χ4n) is 12.8. The van der Waals surface area contributed by atoms with E-state index in [9.17, 15) is 61.0 Å². The van der Waals surface area contributed by atoms with Crippen LogP contribution >= 0.6 is 0 Å². The van der Waals surface area contributed by atoms with Gasteiger partial charge in [0.15, 0.2) is 18.9 Å². The second-order valence-electron chi connectivity index (χ2n) is 26.4. The maximum atomic E-state index is 13.4. The van der Waals surface area contributed by atoms with E-state index in [0.717, 1.165) is 44.9 Å². The molecule has 3 aliphatic rings. The Labute approximate surface area is 532 Å². The maximum Gasteiger partial charge on any atom is 0.220 e. The summed E-state index contributed by atoms with van der Waals surface area (Å²) < 4.78 is 34.4. The monoisotopic (exact) mass is 1260 g/mol. The number of ether oxygens (including phenoxy) is 6. The van der Waals surface area contributed by atoms with E-state index in [1.807, 2.05) is 0 Å². The molecule has 17 atom stereocenters. The van der Waals surface area contributed by atoms with Gasteiger partial charge in [-0.05, 0) is 12.8 Å². The van der Waals surface area contributed by atoms with E-state index in [1.165, 1.54) is 225 Å². The average molecular weight is 1260 g/mol. The molecule has 1 amide bonds. The highest BCUT2D eigenvalue weighted by atomic mass is 16.8. The van der Waals surface area contributed by atoms with Crippen LogP contribution in [0.4, 0.5) is 0 Å². The Hall–Kier alpha value is -1.21. The number of carbonyl (C=O) groups is 1. The maximum absolute atomic E-state index is 13.4. The molecular weight excluding hydrogens is 1130 g/mol. The molecule has 0 aromatic heterocycles. The molecule has 19 heteroatoms. The minimum absolute atomic E-state index is 0.235. The zero-order valence-electron chi connectivity index (χ0n) is 55.2. The standard InChI is InChI=1S/C69H133NO18/c1-3-5-7-9-11-13-15-17-19-21-23-24-25-26-27-28-29-31-33-35-37-39-41-43-45-47-57(75)70-52(53(74)46-44-42-40-38-36-34-32-30-22-20-18-16-14-12-10-8-6-4-2)51-83-67-63(81)60(78)65(55(49-72)85-67)88-69-64(82)61(79)66(56(50-73)86-69)87-68-62(80)59(77)58(76)54(48-71)84-68/h52-56,58-69,71-74,76-82H,3-51H2,1-2H3,(H,70,75). The highest BCUT2D eigenvalue weighted by Crippen LogP contribution is 2.33. The van der Waals surface area contributed by atoms with Crippen LogP contribution in [0.2, 0.25) is 0 Å². The quantitative estimate of drug-likeness (QED) is 0.0252. The number of hydrogen-bond donors (Lipinski definition) is 12. The molecule has 0 spiro atoms. The Bertz CT molecular complexity index is 1600. The zero-order chi connectivity index (χ0) is 64.0. The lowest BCUT2D eigenvalue weighted by atomic mass is 9.96. The molecule has 522 valence electrons. The molecule has 0 radical (unpaired) electrons. The molecule has 88 heavy (non-hydrogen) atoms. The minimum atomic E-state index is -1.97. The van der Waals surface area contributed by atoms with E-state index in [0.29, 0.717) is 12.8 Å². The molecule has 0 aromatic rings. The van der Waals surface area contributed by atoms with Crippen LogP contribution in [-0.4, -0.2) is 193 Å². The Morgan fingerprint density at radius 2 is 0.648 bits per heavy atom. The van der Waals surface area contributed by atoms with Gasteiger partial charge in [0.25, 0.3) is 0 Å². The van der Waals surface area contributed by atoms with Crippen molar-refractivity contribution >= 4 is 5.91 Å². The zero-order valence-corrected chi connectivity index (χ0v) is 55.2. The molecule has 3 aliphatic heterocycles. The fraction of sp³-hybridized carbons (Fsp3) is 0.986. The second-order valence-corrected chi connectivity index (χ2v) is 26.4. The van der Waals surface area contributed by atoms with Crippen molar-refractivity contribution in [3.05, 3.63) is 0 Å². The smallest absolute Gasteiger partial charge is 0.220 e. The summed E-state index contributed by atoms with van der Waals surface area (Å²) in [4.78, 5) is 13.4. The summed E-state index contributed by atoms with van der Waals surface area (Å²) >= 11 is 0. The lowest BCUT2D eigenvalue weighted by Gasteiger charge is -2.48. The van der Waals surface area contributed by atoms with Gasteiger partial charge in [-0.3, -0.25) is 4.79 Å². The number of rotatable bonds is 57. The first-order chi connectivity index (χ1) is 42.8. The molecule has 3 fully saturated rings. The van der Waals surface area contributed by atoms with E-state index >= 15 is 0 Å². The van der Waals surface area contributed by atoms with E-state index in [4.69, 9.17) is 28.4 Å². The third-order valence-electron chi connectivity index (χ3n) is 18.7. The van der Waals surface area contributed by atoms with Gasteiger partial charge in [-0.1, -0.05) is 284 Å². The molecule has 17 unspecified atom stereocenters. The van der Waals surface area contributed by atoms with E-state index in [-0.39, 0.29) is 18.9 Å². The molecule has 19 nitrogen and oxygen atoms in total. The Kier molecular flexibility index (Phi) is 48.0. The minimum Gasteiger partial charge on any atom is -0.394 e.